The molecule has 3 nitrogen and oxygen atoms in total. The van der Waals surface area contributed by atoms with Gasteiger partial charge < -0.3 is 4.55 Å². The second-order valence-corrected chi connectivity index (χ2v) is 2.69. The standard InChI is InChI=1S/C3H8ClNO2S/c1-5(3-2-4)8(6)7/h2-3H2,1H3,(H,6,7)/p-1. The van der Waals surface area contributed by atoms with Crippen LogP contribution in [0.15, 0.2) is 0 Å². The van der Waals surface area contributed by atoms with E-state index in [1.54, 1.807) is 0 Å². The zero-order chi connectivity index (χ0) is 6.57. The van der Waals surface area contributed by atoms with Crippen LogP contribution in [0.2, 0.25) is 0 Å². The summed E-state index contributed by atoms with van der Waals surface area (Å²) in [4.78, 5) is 0. The second kappa shape index (κ2) is 4.26. The van der Waals surface area contributed by atoms with E-state index in [0.717, 1.165) is 4.31 Å². The first-order valence-electron chi connectivity index (χ1n) is 2.05. The molecule has 0 N–H and O–H groups in total. The lowest BCUT2D eigenvalue weighted by Crippen LogP contribution is -2.22. The van der Waals surface area contributed by atoms with Gasteiger partial charge in [-0.1, -0.05) is 0 Å². The van der Waals surface area contributed by atoms with Crippen molar-refractivity contribution >= 4 is 22.9 Å². The molecule has 5 heteroatoms. The minimum atomic E-state index is -2.11. The molecule has 50 valence electrons. The van der Waals surface area contributed by atoms with E-state index in [-0.39, 0.29) is 0 Å². The molecule has 0 spiro atoms. The zero-order valence-corrected chi connectivity index (χ0v) is 6.04. The number of alkyl halides is 1. The predicted molar refractivity (Wildman–Crippen MR) is 32.3 cm³/mol. The first-order chi connectivity index (χ1) is 3.68. The Labute approximate surface area is 56.0 Å². The first-order valence-corrected chi connectivity index (χ1v) is 3.61. The normalized spacial score (nSPS) is 14.5. The molecule has 0 fully saturated rings. The molecule has 8 heavy (non-hydrogen) atoms. The molecule has 0 radical (unpaired) electrons. The highest BCUT2D eigenvalue weighted by atomic mass is 35.5. The van der Waals surface area contributed by atoms with Crippen LogP contribution < -0.4 is 0 Å². The molecule has 0 aliphatic heterocycles. The summed E-state index contributed by atoms with van der Waals surface area (Å²) in [6.07, 6.45) is 0. The molecular formula is C3H7ClNO2S-. The van der Waals surface area contributed by atoms with E-state index in [0.29, 0.717) is 12.4 Å². The summed E-state index contributed by atoms with van der Waals surface area (Å²) in [5, 5.41) is 0. The number of nitrogens with zero attached hydrogens (tertiary/aromatic N) is 1. The zero-order valence-electron chi connectivity index (χ0n) is 4.46. The summed E-state index contributed by atoms with van der Waals surface area (Å²) >= 11 is 3.11. The average molecular weight is 157 g/mol. The smallest absolute Gasteiger partial charge is 0.0360 e. The average Bonchev–Trinajstić information content (AvgIpc) is 1.67. The summed E-state index contributed by atoms with van der Waals surface area (Å²) in [6, 6.07) is 0. The van der Waals surface area contributed by atoms with Crippen LogP contribution in [0.25, 0.3) is 0 Å². The summed E-state index contributed by atoms with van der Waals surface area (Å²) < 4.78 is 21.0. The number of halogens is 1. The van der Waals surface area contributed by atoms with E-state index in [2.05, 4.69) is 0 Å². The Kier molecular flexibility index (Phi) is 4.45. The molecule has 0 saturated carbocycles. The molecule has 0 aliphatic carbocycles. The Morgan fingerprint density at radius 2 is 2.38 bits per heavy atom. The Balaban J connectivity index is 3.32. The van der Waals surface area contributed by atoms with Crippen LogP contribution in [-0.2, 0) is 11.3 Å². The van der Waals surface area contributed by atoms with Crippen molar-refractivity contribution in [1.29, 1.82) is 0 Å². The fraction of sp³-hybridized carbons (Fsp3) is 1.00. The Morgan fingerprint density at radius 3 is 2.50 bits per heavy atom. The maximum Gasteiger partial charge on any atom is 0.0360 e. The summed E-state index contributed by atoms with van der Waals surface area (Å²) in [5.41, 5.74) is 0. The van der Waals surface area contributed by atoms with Gasteiger partial charge in [0.15, 0.2) is 0 Å². The Morgan fingerprint density at radius 1 is 1.88 bits per heavy atom. The van der Waals surface area contributed by atoms with Gasteiger partial charge in [-0.2, -0.15) is 0 Å². The minimum absolute atomic E-state index is 0.338. The topological polar surface area (TPSA) is 43.4 Å². The fourth-order valence-corrected chi connectivity index (χ4v) is 0.788. The van der Waals surface area contributed by atoms with Gasteiger partial charge in [0.05, 0.1) is 0 Å². The predicted octanol–water partition coefficient (Wildman–Crippen LogP) is -0.0489. The molecule has 0 rings (SSSR count). The van der Waals surface area contributed by atoms with Crippen molar-refractivity contribution in [1.82, 2.24) is 4.31 Å². The molecule has 0 heterocycles. The lowest BCUT2D eigenvalue weighted by molar-refractivity contribution is 0.446. The molecule has 0 bridgehead atoms. The maximum atomic E-state index is 9.96. The van der Waals surface area contributed by atoms with Crippen LogP contribution in [-0.4, -0.2) is 32.5 Å². The maximum absolute atomic E-state index is 9.96. The summed E-state index contributed by atoms with van der Waals surface area (Å²) in [5.74, 6) is 0.338. The van der Waals surface area contributed by atoms with E-state index in [9.17, 15) is 8.76 Å². The minimum Gasteiger partial charge on any atom is -0.760 e. The molecule has 0 amide bonds. The van der Waals surface area contributed by atoms with Gasteiger partial charge in [-0.25, -0.2) is 4.31 Å². The van der Waals surface area contributed by atoms with Crippen molar-refractivity contribution < 1.29 is 8.76 Å². The van der Waals surface area contributed by atoms with Crippen molar-refractivity contribution in [2.24, 2.45) is 0 Å². The lowest BCUT2D eigenvalue weighted by atomic mass is 10.8. The highest BCUT2D eigenvalue weighted by Gasteiger charge is 1.92. The molecule has 0 aliphatic rings. The van der Waals surface area contributed by atoms with E-state index in [4.69, 9.17) is 11.6 Å². The molecule has 0 saturated heterocycles. The van der Waals surface area contributed by atoms with Crippen molar-refractivity contribution in [3.63, 3.8) is 0 Å². The van der Waals surface area contributed by atoms with Crippen LogP contribution in [0.4, 0.5) is 0 Å². The van der Waals surface area contributed by atoms with E-state index >= 15 is 0 Å². The number of hydrogen-bond donors (Lipinski definition) is 0. The lowest BCUT2D eigenvalue weighted by Gasteiger charge is -2.16. The molecular weight excluding hydrogens is 150 g/mol. The van der Waals surface area contributed by atoms with Crippen LogP contribution in [0.5, 0.6) is 0 Å². The third kappa shape index (κ3) is 3.37. The van der Waals surface area contributed by atoms with Gasteiger partial charge in [-0.3, -0.25) is 4.21 Å². The van der Waals surface area contributed by atoms with Gasteiger partial charge in [-0.15, -0.1) is 11.6 Å². The van der Waals surface area contributed by atoms with Crippen molar-refractivity contribution in [2.45, 2.75) is 0 Å². The monoisotopic (exact) mass is 156 g/mol. The fourth-order valence-electron chi connectivity index (χ4n) is 0.194. The number of rotatable bonds is 3. The second-order valence-electron chi connectivity index (χ2n) is 1.26. The van der Waals surface area contributed by atoms with Crippen molar-refractivity contribution in [3.05, 3.63) is 0 Å². The molecule has 0 aromatic rings. The first kappa shape index (κ1) is 8.36. The molecule has 1 atom stereocenters. The third-order valence-electron chi connectivity index (χ3n) is 0.654. The molecule has 0 aromatic carbocycles. The highest BCUT2D eigenvalue weighted by molar-refractivity contribution is 7.76. The van der Waals surface area contributed by atoms with Gasteiger partial charge in [-0.05, 0) is 7.05 Å². The van der Waals surface area contributed by atoms with Gasteiger partial charge >= 0.3 is 0 Å². The van der Waals surface area contributed by atoms with Gasteiger partial charge in [0.25, 0.3) is 0 Å². The van der Waals surface area contributed by atoms with Crippen LogP contribution in [0, 0.1) is 0 Å². The van der Waals surface area contributed by atoms with E-state index in [1.165, 1.54) is 7.05 Å². The quantitative estimate of drug-likeness (QED) is 0.425. The SMILES string of the molecule is CN(CCCl)S(=O)[O-]. The van der Waals surface area contributed by atoms with Crippen LogP contribution >= 0.6 is 11.6 Å². The largest absolute Gasteiger partial charge is 0.760 e. The van der Waals surface area contributed by atoms with E-state index in [1.807, 2.05) is 0 Å². The third-order valence-corrected chi connectivity index (χ3v) is 1.51. The van der Waals surface area contributed by atoms with Crippen molar-refractivity contribution in [2.75, 3.05) is 19.5 Å². The number of hydrogen-bond acceptors (Lipinski definition) is 2. The molecule has 0 aromatic heterocycles. The van der Waals surface area contributed by atoms with E-state index < -0.39 is 11.3 Å². The van der Waals surface area contributed by atoms with Gasteiger partial charge in [0, 0.05) is 23.7 Å². The summed E-state index contributed by atoms with van der Waals surface area (Å²) in [6.45, 7) is 0.373. The van der Waals surface area contributed by atoms with Gasteiger partial charge in [0.2, 0.25) is 0 Å². The van der Waals surface area contributed by atoms with Crippen LogP contribution in [0.3, 0.4) is 0 Å². The molecule has 1 unspecified atom stereocenters. The Hall–Kier alpha value is 0.360. The summed E-state index contributed by atoms with van der Waals surface area (Å²) in [7, 11) is 1.46. The van der Waals surface area contributed by atoms with Gasteiger partial charge in [0.1, 0.15) is 0 Å². The Bertz CT molecular complexity index is 89.4. The van der Waals surface area contributed by atoms with Crippen LogP contribution in [0.1, 0.15) is 0 Å². The highest BCUT2D eigenvalue weighted by Crippen LogP contribution is 1.85. The van der Waals surface area contributed by atoms with Crippen molar-refractivity contribution in [3.8, 4) is 0 Å².